The van der Waals surface area contributed by atoms with Crippen LogP contribution in [0.15, 0.2) is 54.6 Å². The molecule has 1 atom stereocenters. The van der Waals surface area contributed by atoms with Gasteiger partial charge in [-0.3, -0.25) is 0 Å². The van der Waals surface area contributed by atoms with Crippen LogP contribution in [0, 0.1) is 0 Å². The van der Waals surface area contributed by atoms with E-state index in [-0.39, 0.29) is 6.10 Å². The van der Waals surface area contributed by atoms with Gasteiger partial charge in [0.25, 0.3) is 0 Å². The Morgan fingerprint density at radius 2 is 1.79 bits per heavy atom. The van der Waals surface area contributed by atoms with Gasteiger partial charge in [0.1, 0.15) is 11.0 Å². The second kappa shape index (κ2) is 5.56. The van der Waals surface area contributed by atoms with Gasteiger partial charge in [-0.25, -0.2) is 0 Å². The van der Waals surface area contributed by atoms with Crippen LogP contribution in [-0.4, -0.2) is 19.6 Å². The van der Waals surface area contributed by atoms with Crippen LogP contribution in [0.5, 0.6) is 0 Å². The molecular formula is C14H12IN3O. The van der Waals surface area contributed by atoms with Crippen molar-refractivity contribution in [1.82, 2.24) is 15.2 Å². The summed E-state index contributed by atoms with van der Waals surface area (Å²) in [6.07, 6.45) is -0.0353. The van der Waals surface area contributed by atoms with Gasteiger partial charge in [0.15, 0.2) is 6.10 Å². The van der Waals surface area contributed by atoms with E-state index in [0.717, 1.165) is 21.0 Å². The lowest BCUT2D eigenvalue weighted by atomic mass is 10.1. The highest BCUT2D eigenvalue weighted by Crippen LogP contribution is 2.18. The first-order valence-corrected chi connectivity index (χ1v) is 7.49. The molecule has 3 rings (SSSR count). The third kappa shape index (κ3) is 2.56. The lowest BCUT2D eigenvalue weighted by Gasteiger charge is -2.16. The lowest BCUT2D eigenvalue weighted by Crippen LogP contribution is -2.20. The summed E-state index contributed by atoms with van der Waals surface area (Å²) < 4.78 is 0.843. The molecule has 0 aliphatic carbocycles. The molecule has 0 saturated heterocycles. The van der Waals surface area contributed by atoms with Crippen LogP contribution in [0.25, 0.3) is 11.0 Å². The predicted molar refractivity (Wildman–Crippen MR) is 82.2 cm³/mol. The molecule has 4 nitrogen and oxygen atoms in total. The molecule has 0 saturated carbocycles. The van der Waals surface area contributed by atoms with Crippen molar-refractivity contribution in [2.45, 2.75) is 6.10 Å². The number of fused-ring (bicyclic) bond motifs is 1. The van der Waals surface area contributed by atoms with Crippen LogP contribution in [0.1, 0.15) is 11.7 Å². The average molecular weight is 365 g/mol. The quantitative estimate of drug-likeness (QED) is 0.527. The van der Waals surface area contributed by atoms with Crippen molar-refractivity contribution >= 4 is 33.6 Å². The number of alkyl halides is 1. The van der Waals surface area contributed by atoms with E-state index in [1.165, 1.54) is 4.85 Å². The molecular weight excluding hydrogens is 353 g/mol. The Morgan fingerprint density at radius 3 is 2.58 bits per heavy atom. The molecule has 3 aromatic rings. The number of benzene rings is 2. The zero-order valence-corrected chi connectivity index (χ0v) is 12.3. The summed E-state index contributed by atoms with van der Waals surface area (Å²) in [4.78, 5) is 7.44. The van der Waals surface area contributed by atoms with E-state index >= 15 is 0 Å². The van der Waals surface area contributed by atoms with Crippen LogP contribution in [-0.2, 0) is 0 Å². The summed E-state index contributed by atoms with van der Waals surface area (Å²) in [6.45, 7) is 0. The van der Waals surface area contributed by atoms with Crippen LogP contribution in [0.2, 0.25) is 0 Å². The van der Waals surface area contributed by atoms with Gasteiger partial charge in [0, 0.05) is 4.43 Å². The number of halogens is 1. The van der Waals surface area contributed by atoms with Crippen molar-refractivity contribution in [3.05, 3.63) is 60.2 Å². The fraction of sp³-hybridized carbons (Fsp3) is 0.143. The van der Waals surface area contributed by atoms with Gasteiger partial charge in [-0.15, -0.1) is 5.10 Å². The Hall–Kier alpha value is -1.63. The maximum absolute atomic E-state index is 5.94. The SMILES string of the molecule is IC[C@H](On1nnc2ccccc21)c1ccccc1. The number of aromatic nitrogens is 3. The highest BCUT2D eigenvalue weighted by atomic mass is 127. The average Bonchev–Trinajstić information content (AvgIpc) is 2.89. The summed E-state index contributed by atoms with van der Waals surface area (Å²) in [5, 5.41) is 8.13. The monoisotopic (exact) mass is 365 g/mol. The van der Waals surface area contributed by atoms with Crippen LogP contribution >= 0.6 is 22.6 Å². The number of hydrogen-bond acceptors (Lipinski definition) is 3. The molecule has 1 aromatic heterocycles. The third-order valence-electron chi connectivity index (χ3n) is 2.86. The molecule has 0 unspecified atom stereocenters. The molecule has 0 aliphatic rings. The molecule has 2 aromatic carbocycles. The Balaban J connectivity index is 1.91. The zero-order valence-electron chi connectivity index (χ0n) is 10.1. The minimum absolute atomic E-state index is 0.0353. The Bertz CT molecular complexity index is 669. The normalized spacial score (nSPS) is 12.5. The largest absolute Gasteiger partial charge is 0.386 e. The van der Waals surface area contributed by atoms with Gasteiger partial charge in [-0.05, 0) is 22.9 Å². The fourth-order valence-electron chi connectivity index (χ4n) is 1.89. The molecule has 19 heavy (non-hydrogen) atoms. The fourth-order valence-corrected chi connectivity index (χ4v) is 2.56. The number of nitrogens with zero attached hydrogens (tertiary/aromatic N) is 3. The highest BCUT2D eigenvalue weighted by molar-refractivity contribution is 14.1. The summed E-state index contributed by atoms with van der Waals surface area (Å²) >= 11 is 2.32. The minimum atomic E-state index is -0.0353. The van der Waals surface area contributed by atoms with Crippen molar-refractivity contribution in [2.75, 3.05) is 4.43 Å². The first-order valence-electron chi connectivity index (χ1n) is 5.97. The smallest absolute Gasteiger partial charge is 0.161 e. The second-order valence-electron chi connectivity index (χ2n) is 4.11. The summed E-state index contributed by atoms with van der Waals surface area (Å²) in [6, 6.07) is 17.9. The van der Waals surface area contributed by atoms with Crippen molar-refractivity contribution in [1.29, 1.82) is 0 Å². The molecule has 0 bridgehead atoms. The highest BCUT2D eigenvalue weighted by Gasteiger charge is 2.14. The van der Waals surface area contributed by atoms with Crippen LogP contribution in [0.4, 0.5) is 0 Å². The molecule has 1 heterocycles. The predicted octanol–water partition coefficient (Wildman–Crippen LogP) is 3.04. The standard InChI is InChI=1S/C14H12IN3O/c15-10-14(11-6-2-1-3-7-11)19-18-13-9-5-4-8-12(13)16-17-18/h1-9,14H,10H2/t14-/m0/s1. The second-order valence-corrected chi connectivity index (χ2v) is 4.99. The Labute approximate surface area is 124 Å². The van der Waals surface area contributed by atoms with E-state index in [1.54, 1.807) is 0 Å². The number of hydrogen-bond donors (Lipinski definition) is 0. The van der Waals surface area contributed by atoms with Gasteiger partial charge in [-0.2, -0.15) is 0 Å². The van der Waals surface area contributed by atoms with Crippen molar-refractivity contribution in [3.63, 3.8) is 0 Å². The topological polar surface area (TPSA) is 39.9 Å². The molecule has 5 heteroatoms. The number of rotatable bonds is 4. The summed E-state index contributed by atoms with van der Waals surface area (Å²) in [5.41, 5.74) is 2.85. The molecule has 0 fully saturated rings. The van der Waals surface area contributed by atoms with E-state index in [0.29, 0.717) is 0 Å². The maximum atomic E-state index is 5.94. The molecule has 0 N–H and O–H groups in total. The summed E-state index contributed by atoms with van der Waals surface area (Å²) in [7, 11) is 0. The van der Waals surface area contributed by atoms with Gasteiger partial charge < -0.3 is 4.84 Å². The first-order chi connectivity index (χ1) is 9.38. The van der Waals surface area contributed by atoms with E-state index in [2.05, 4.69) is 45.0 Å². The first kappa shape index (κ1) is 12.4. The maximum Gasteiger partial charge on any atom is 0.161 e. The van der Waals surface area contributed by atoms with E-state index < -0.39 is 0 Å². The molecule has 0 amide bonds. The molecule has 96 valence electrons. The Kier molecular flexibility index (Phi) is 3.63. The number of para-hydroxylation sites is 1. The molecule has 0 radical (unpaired) electrons. The lowest BCUT2D eigenvalue weighted by molar-refractivity contribution is 0.0337. The third-order valence-corrected chi connectivity index (χ3v) is 3.66. The molecule has 0 aliphatic heterocycles. The van der Waals surface area contributed by atoms with E-state index in [1.807, 2.05) is 42.5 Å². The molecule has 0 spiro atoms. The van der Waals surface area contributed by atoms with Crippen molar-refractivity contribution in [3.8, 4) is 0 Å². The zero-order chi connectivity index (χ0) is 13.1. The minimum Gasteiger partial charge on any atom is -0.386 e. The summed E-state index contributed by atoms with van der Waals surface area (Å²) in [5.74, 6) is 0. The Morgan fingerprint density at radius 1 is 1.05 bits per heavy atom. The van der Waals surface area contributed by atoms with Crippen molar-refractivity contribution in [2.24, 2.45) is 0 Å². The van der Waals surface area contributed by atoms with Crippen LogP contribution in [0.3, 0.4) is 0 Å². The van der Waals surface area contributed by atoms with E-state index in [4.69, 9.17) is 4.84 Å². The van der Waals surface area contributed by atoms with Gasteiger partial charge in [0.05, 0.1) is 0 Å². The van der Waals surface area contributed by atoms with E-state index in [9.17, 15) is 0 Å². The van der Waals surface area contributed by atoms with Gasteiger partial charge in [0.2, 0.25) is 0 Å². The van der Waals surface area contributed by atoms with Crippen molar-refractivity contribution < 1.29 is 4.84 Å². The van der Waals surface area contributed by atoms with Gasteiger partial charge >= 0.3 is 0 Å². The van der Waals surface area contributed by atoms with Crippen LogP contribution < -0.4 is 4.84 Å². The van der Waals surface area contributed by atoms with Gasteiger partial charge in [-0.1, -0.05) is 69.9 Å².